The van der Waals surface area contributed by atoms with Gasteiger partial charge < -0.3 is 21.1 Å². The van der Waals surface area contributed by atoms with E-state index < -0.39 is 17.6 Å². The van der Waals surface area contributed by atoms with Crippen LogP contribution < -0.4 is 16.0 Å². The first-order chi connectivity index (χ1) is 16.0. The van der Waals surface area contributed by atoms with Crippen molar-refractivity contribution < 1.29 is 19.5 Å². The fraction of sp³-hybridized carbons (Fsp3) is 0.346. The van der Waals surface area contributed by atoms with E-state index in [4.69, 9.17) is 0 Å². The highest BCUT2D eigenvalue weighted by Gasteiger charge is 2.31. The van der Waals surface area contributed by atoms with Crippen LogP contribution in [0.25, 0.3) is 0 Å². The minimum absolute atomic E-state index is 0.00439. The van der Waals surface area contributed by atoms with Gasteiger partial charge in [-0.05, 0) is 48.3 Å². The van der Waals surface area contributed by atoms with E-state index in [0.717, 1.165) is 36.8 Å². The van der Waals surface area contributed by atoms with E-state index in [2.05, 4.69) is 28.1 Å². The van der Waals surface area contributed by atoms with E-state index in [1.54, 1.807) is 6.07 Å². The third-order valence-corrected chi connectivity index (χ3v) is 6.42. The lowest BCUT2D eigenvalue weighted by Gasteiger charge is -2.30. The Morgan fingerprint density at radius 1 is 0.939 bits per heavy atom. The van der Waals surface area contributed by atoms with Crippen molar-refractivity contribution in [1.29, 1.82) is 0 Å². The van der Waals surface area contributed by atoms with Crippen LogP contribution in [0.3, 0.4) is 0 Å². The number of ketones is 1. The molecule has 0 radical (unpaired) electrons. The Hall–Kier alpha value is -3.45. The van der Waals surface area contributed by atoms with Crippen LogP contribution in [0.2, 0.25) is 0 Å². The smallest absolute Gasteiger partial charge is 0.270 e. The Kier molecular flexibility index (Phi) is 7.19. The number of hydrogen-bond donors (Lipinski definition) is 4. The van der Waals surface area contributed by atoms with Crippen LogP contribution in [0.15, 0.2) is 66.0 Å². The monoisotopic (exact) mass is 447 g/mol. The molecule has 33 heavy (non-hydrogen) atoms. The van der Waals surface area contributed by atoms with Crippen LogP contribution in [0.5, 0.6) is 0 Å². The summed E-state index contributed by atoms with van der Waals surface area (Å²) in [6, 6.07) is 17.7. The average molecular weight is 448 g/mol. The number of rotatable bonds is 7. The SMILES string of the molecule is O=C1CC(=O)C(NCc2ccccc2CO)=C(C(=O)NC2CCC(c3ccccc3)CC2)N1. The van der Waals surface area contributed by atoms with E-state index in [1.165, 1.54) is 5.56 Å². The van der Waals surface area contributed by atoms with Crippen molar-refractivity contribution in [3.05, 3.63) is 82.7 Å². The summed E-state index contributed by atoms with van der Waals surface area (Å²) in [5.74, 6) is -0.867. The number of amides is 2. The molecule has 7 heteroatoms. The minimum atomic E-state index is -0.487. The number of nitrogens with one attached hydrogen (secondary N) is 3. The van der Waals surface area contributed by atoms with Crippen LogP contribution in [0.1, 0.15) is 54.7 Å². The molecule has 0 atom stereocenters. The molecule has 4 rings (SSSR count). The molecule has 7 nitrogen and oxygen atoms in total. The fourth-order valence-corrected chi connectivity index (χ4v) is 4.60. The second-order valence-electron chi connectivity index (χ2n) is 8.61. The van der Waals surface area contributed by atoms with Crippen molar-refractivity contribution in [3.8, 4) is 0 Å². The largest absolute Gasteiger partial charge is 0.392 e. The third-order valence-electron chi connectivity index (χ3n) is 6.42. The van der Waals surface area contributed by atoms with Gasteiger partial charge in [-0.3, -0.25) is 14.4 Å². The number of hydrogen-bond acceptors (Lipinski definition) is 5. The molecular weight excluding hydrogens is 418 g/mol. The van der Waals surface area contributed by atoms with Crippen molar-refractivity contribution in [2.24, 2.45) is 0 Å². The summed E-state index contributed by atoms with van der Waals surface area (Å²) in [5.41, 5.74) is 2.96. The Bertz CT molecular complexity index is 1060. The average Bonchev–Trinajstić information content (AvgIpc) is 2.84. The molecule has 2 aromatic carbocycles. The minimum Gasteiger partial charge on any atom is -0.392 e. The third kappa shape index (κ3) is 5.49. The summed E-state index contributed by atoms with van der Waals surface area (Å²) in [5, 5.41) is 18.1. The number of Topliss-reactive ketones (excluding diaryl/α,β-unsaturated/α-hetero) is 1. The summed E-state index contributed by atoms with van der Waals surface area (Å²) in [4.78, 5) is 37.6. The van der Waals surface area contributed by atoms with E-state index in [1.807, 2.05) is 36.4 Å². The van der Waals surface area contributed by atoms with Gasteiger partial charge in [-0.15, -0.1) is 0 Å². The molecule has 0 saturated heterocycles. The van der Waals surface area contributed by atoms with Crippen molar-refractivity contribution in [2.45, 2.75) is 57.2 Å². The number of benzene rings is 2. The van der Waals surface area contributed by atoms with Crippen molar-refractivity contribution in [3.63, 3.8) is 0 Å². The first-order valence-corrected chi connectivity index (χ1v) is 11.4. The normalized spacial score (nSPS) is 20.9. The van der Waals surface area contributed by atoms with Crippen LogP contribution in [0, 0.1) is 0 Å². The van der Waals surface area contributed by atoms with Gasteiger partial charge in [0.15, 0.2) is 5.78 Å². The lowest BCUT2D eigenvalue weighted by Crippen LogP contribution is -2.47. The van der Waals surface area contributed by atoms with Crippen LogP contribution in [0.4, 0.5) is 0 Å². The maximum Gasteiger partial charge on any atom is 0.270 e. The number of allylic oxidation sites excluding steroid dienone is 1. The summed E-state index contributed by atoms with van der Waals surface area (Å²) in [6.45, 7) is 0.132. The molecule has 0 bridgehead atoms. The molecule has 0 unspecified atom stereocenters. The van der Waals surface area contributed by atoms with Crippen molar-refractivity contribution >= 4 is 17.6 Å². The number of aliphatic hydroxyl groups is 1. The van der Waals surface area contributed by atoms with Crippen LogP contribution in [-0.2, 0) is 27.5 Å². The molecule has 0 spiro atoms. The molecular formula is C26H29N3O4. The van der Waals surface area contributed by atoms with Gasteiger partial charge in [0, 0.05) is 12.6 Å². The molecule has 2 amide bonds. The Balaban J connectivity index is 1.43. The molecule has 1 saturated carbocycles. The van der Waals surface area contributed by atoms with Crippen LogP contribution in [-0.4, -0.2) is 28.7 Å². The Labute approximate surface area is 193 Å². The Morgan fingerprint density at radius 2 is 1.61 bits per heavy atom. The topological polar surface area (TPSA) is 108 Å². The first-order valence-electron chi connectivity index (χ1n) is 11.4. The molecule has 1 heterocycles. The molecule has 0 aromatic heterocycles. The molecule has 4 N–H and O–H groups in total. The molecule has 172 valence electrons. The maximum atomic E-state index is 13.0. The van der Waals surface area contributed by atoms with Crippen molar-refractivity contribution in [1.82, 2.24) is 16.0 Å². The van der Waals surface area contributed by atoms with E-state index in [9.17, 15) is 19.5 Å². The zero-order valence-corrected chi connectivity index (χ0v) is 18.5. The predicted octanol–water partition coefficient (Wildman–Crippen LogP) is 2.41. The maximum absolute atomic E-state index is 13.0. The highest BCUT2D eigenvalue weighted by molar-refractivity contribution is 6.16. The quantitative estimate of drug-likeness (QED) is 0.488. The fourth-order valence-electron chi connectivity index (χ4n) is 4.60. The zero-order chi connectivity index (χ0) is 23.2. The van der Waals surface area contributed by atoms with E-state index >= 15 is 0 Å². The summed E-state index contributed by atoms with van der Waals surface area (Å²) in [6.07, 6.45) is 3.33. The van der Waals surface area contributed by atoms with Gasteiger partial charge in [-0.2, -0.15) is 0 Å². The number of carbonyl (C=O) groups is 3. The molecule has 1 aliphatic carbocycles. The van der Waals surface area contributed by atoms with E-state index in [0.29, 0.717) is 5.92 Å². The van der Waals surface area contributed by atoms with Gasteiger partial charge >= 0.3 is 0 Å². The summed E-state index contributed by atoms with van der Waals surface area (Å²) >= 11 is 0. The molecule has 1 aliphatic heterocycles. The van der Waals surface area contributed by atoms with Gasteiger partial charge in [0.2, 0.25) is 5.91 Å². The number of aliphatic hydroxyl groups excluding tert-OH is 1. The van der Waals surface area contributed by atoms with Gasteiger partial charge in [0.05, 0.1) is 13.0 Å². The molecule has 2 aliphatic rings. The molecule has 2 aromatic rings. The highest BCUT2D eigenvalue weighted by atomic mass is 16.3. The highest BCUT2D eigenvalue weighted by Crippen LogP contribution is 2.32. The van der Waals surface area contributed by atoms with Gasteiger partial charge in [0.25, 0.3) is 5.91 Å². The first kappa shape index (κ1) is 22.7. The zero-order valence-electron chi connectivity index (χ0n) is 18.5. The lowest BCUT2D eigenvalue weighted by atomic mass is 9.82. The van der Waals surface area contributed by atoms with E-state index in [-0.39, 0.29) is 37.0 Å². The Morgan fingerprint density at radius 3 is 2.30 bits per heavy atom. The van der Waals surface area contributed by atoms with Crippen LogP contribution >= 0.6 is 0 Å². The standard InChI is InChI=1S/C26H29N3O4/c30-16-20-9-5-4-8-19(20)15-27-24-22(31)14-23(32)29-25(24)26(33)28-21-12-10-18(11-13-21)17-6-2-1-3-7-17/h1-9,18,21,27,30H,10-16H2,(H,28,33)(H,29,32). The van der Waals surface area contributed by atoms with Gasteiger partial charge in [0.1, 0.15) is 11.4 Å². The van der Waals surface area contributed by atoms with Gasteiger partial charge in [-0.1, -0.05) is 54.6 Å². The summed E-state index contributed by atoms with van der Waals surface area (Å²) in [7, 11) is 0. The number of carbonyl (C=O) groups excluding carboxylic acids is 3. The molecule has 1 fully saturated rings. The van der Waals surface area contributed by atoms with Crippen molar-refractivity contribution in [2.75, 3.05) is 0 Å². The second-order valence-corrected chi connectivity index (χ2v) is 8.61. The lowest BCUT2D eigenvalue weighted by molar-refractivity contribution is -0.130. The predicted molar refractivity (Wildman–Crippen MR) is 124 cm³/mol. The van der Waals surface area contributed by atoms with Gasteiger partial charge in [-0.25, -0.2) is 0 Å². The second kappa shape index (κ2) is 10.4. The summed E-state index contributed by atoms with van der Waals surface area (Å²) < 4.78 is 0.